The number of hydrogen-bond donors (Lipinski definition) is 1. The van der Waals surface area contributed by atoms with Gasteiger partial charge < -0.3 is 9.82 Å². The molecular weight excluding hydrogens is 180 g/mol. The zero-order valence-electron chi connectivity index (χ0n) is 7.51. The third kappa shape index (κ3) is 1.85. The van der Waals surface area contributed by atoms with Gasteiger partial charge in [0.05, 0.1) is 6.20 Å². The summed E-state index contributed by atoms with van der Waals surface area (Å²) in [4.78, 5) is 18.7. The maximum absolute atomic E-state index is 11.0. The number of aromatic nitrogens is 2. The highest BCUT2D eigenvalue weighted by atomic mass is 16.7. The molecule has 1 aromatic heterocycles. The average Bonchev–Trinajstić information content (AvgIpc) is 2.63. The summed E-state index contributed by atoms with van der Waals surface area (Å²) < 4.78 is 1.17. The maximum Gasteiger partial charge on any atom is 0.358 e. The van der Waals surface area contributed by atoms with Crippen molar-refractivity contribution in [2.75, 3.05) is 0 Å². The lowest BCUT2D eigenvalue weighted by molar-refractivity contribution is 0.0899. The quantitative estimate of drug-likeness (QED) is 0.778. The smallest absolute Gasteiger partial charge is 0.358 e. The maximum atomic E-state index is 11.0. The molecule has 0 bridgehead atoms. The third-order valence-electron chi connectivity index (χ3n) is 1.83. The van der Waals surface area contributed by atoms with E-state index in [4.69, 9.17) is 4.84 Å². The fourth-order valence-electron chi connectivity index (χ4n) is 1.13. The van der Waals surface area contributed by atoms with Crippen LogP contribution in [0.4, 0.5) is 0 Å². The minimum Gasteiger partial charge on any atom is -0.405 e. The Hall–Kier alpha value is -1.97. The van der Waals surface area contributed by atoms with Crippen molar-refractivity contribution in [2.24, 2.45) is 0 Å². The summed E-state index contributed by atoms with van der Waals surface area (Å²) in [6.07, 6.45) is 3.08. The molecule has 0 unspecified atom stereocenters. The van der Waals surface area contributed by atoms with Gasteiger partial charge in [-0.05, 0) is 5.56 Å². The van der Waals surface area contributed by atoms with Gasteiger partial charge in [-0.3, -0.25) is 0 Å². The molecule has 0 spiro atoms. The lowest BCUT2D eigenvalue weighted by Gasteiger charge is -2.03. The van der Waals surface area contributed by atoms with Crippen LogP contribution in [0.2, 0.25) is 0 Å². The molecular formula is C10H10N2O2. The van der Waals surface area contributed by atoms with Gasteiger partial charge in [0.15, 0.2) is 0 Å². The number of H-pyrrole nitrogens is 1. The van der Waals surface area contributed by atoms with Gasteiger partial charge >= 0.3 is 5.69 Å². The molecule has 0 saturated heterocycles. The van der Waals surface area contributed by atoms with Crippen molar-refractivity contribution in [1.82, 2.24) is 9.71 Å². The van der Waals surface area contributed by atoms with Crippen LogP contribution in [0.15, 0.2) is 47.5 Å². The molecule has 0 fully saturated rings. The molecule has 2 aromatic rings. The van der Waals surface area contributed by atoms with Crippen LogP contribution in [0, 0.1) is 0 Å². The monoisotopic (exact) mass is 190 g/mol. The van der Waals surface area contributed by atoms with Gasteiger partial charge in [0.1, 0.15) is 6.61 Å². The van der Waals surface area contributed by atoms with Crippen molar-refractivity contribution in [3.8, 4) is 0 Å². The molecule has 4 heteroatoms. The lowest BCUT2D eigenvalue weighted by Crippen LogP contribution is -2.23. The van der Waals surface area contributed by atoms with Crippen molar-refractivity contribution in [2.45, 2.75) is 6.61 Å². The largest absolute Gasteiger partial charge is 0.405 e. The van der Waals surface area contributed by atoms with Crippen LogP contribution in [0.1, 0.15) is 5.56 Å². The Morgan fingerprint density at radius 2 is 2.07 bits per heavy atom. The molecule has 14 heavy (non-hydrogen) atoms. The Balaban J connectivity index is 2.02. The lowest BCUT2D eigenvalue weighted by atomic mass is 10.2. The Bertz CT molecular complexity index is 444. The van der Waals surface area contributed by atoms with Crippen LogP contribution in [0.25, 0.3) is 0 Å². The molecule has 1 N–H and O–H groups in total. The van der Waals surface area contributed by atoms with Gasteiger partial charge in [0, 0.05) is 6.20 Å². The molecule has 0 aliphatic rings. The van der Waals surface area contributed by atoms with E-state index in [1.54, 1.807) is 6.20 Å². The first kappa shape index (κ1) is 8.62. The summed E-state index contributed by atoms with van der Waals surface area (Å²) in [6, 6.07) is 9.68. The summed E-state index contributed by atoms with van der Waals surface area (Å²) in [6.45, 7) is 0.387. The van der Waals surface area contributed by atoms with E-state index in [1.165, 1.54) is 10.9 Å². The third-order valence-corrected chi connectivity index (χ3v) is 1.83. The molecule has 0 aliphatic carbocycles. The first-order valence-electron chi connectivity index (χ1n) is 4.29. The van der Waals surface area contributed by atoms with E-state index in [1.807, 2.05) is 30.3 Å². The number of rotatable bonds is 3. The van der Waals surface area contributed by atoms with E-state index in [0.29, 0.717) is 6.61 Å². The van der Waals surface area contributed by atoms with Crippen LogP contribution < -0.4 is 10.5 Å². The summed E-state index contributed by atoms with van der Waals surface area (Å²) in [5.41, 5.74) is 0.765. The average molecular weight is 190 g/mol. The predicted molar refractivity (Wildman–Crippen MR) is 51.8 cm³/mol. The Morgan fingerprint density at radius 1 is 1.29 bits per heavy atom. The van der Waals surface area contributed by atoms with Gasteiger partial charge in [-0.25, -0.2) is 4.79 Å². The standard InChI is InChI=1S/C10H10N2O2/c13-10-11-6-7-12(10)14-8-9-4-2-1-3-5-9/h1-7H,8H2,(H,11,13). The molecule has 0 atom stereocenters. The molecule has 0 radical (unpaired) electrons. The first-order valence-corrected chi connectivity index (χ1v) is 4.29. The van der Waals surface area contributed by atoms with Crippen molar-refractivity contribution in [3.05, 3.63) is 58.8 Å². The number of hydrogen-bond acceptors (Lipinski definition) is 2. The summed E-state index contributed by atoms with van der Waals surface area (Å²) >= 11 is 0. The number of nitrogens with one attached hydrogen (secondary N) is 1. The molecule has 0 aliphatic heterocycles. The highest BCUT2D eigenvalue weighted by molar-refractivity contribution is 5.13. The second kappa shape index (κ2) is 3.83. The van der Waals surface area contributed by atoms with Crippen LogP contribution in [-0.2, 0) is 6.61 Å². The van der Waals surface area contributed by atoms with Crippen LogP contribution in [0.3, 0.4) is 0 Å². The van der Waals surface area contributed by atoms with Gasteiger partial charge in [-0.15, -0.1) is 4.73 Å². The van der Waals surface area contributed by atoms with Gasteiger partial charge in [0.25, 0.3) is 0 Å². The van der Waals surface area contributed by atoms with Crippen molar-refractivity contribution in [1.29, 1.82) is 0 Å². The van der Waals surface area contributed by atoms with E-state index in [-0.39, 0.29) is 5.69 Å². The van der Waals surface area contributed by atoms with Crippen LogP contribution in [-0.4, -0.2) is 9.71 Å². The van der Waals surface area contributed by atoms with Crippen LogP contribution >= 0.6 is 0 Å². The van der Waals surface area contributed by atoms with E-state index >= 15 is 0 Å². The second-order valence-electron chi connectivity index (χ2n) is 2.85. The Morgan fingerprint density at radius 3 is 2.71 bits per heavy atom. The van der Waals surface area contributed by atoms with Gasteiger partial charge in [-0.1, -0.05) is 30.3 Å². The number of benzene rings is 1. The zero-order chi connectivity index (χ0) is 9.80. The number of aromatic amines is 1. The zero-order valence-corrected chi connectivity index (χ0v) is 7.51. The minimum absolute atomic E-state index is 0.263. The molecule has 4 nitrogen and oxygen atoms in total. The molecule has 0 amide bonds. The van der Waals surface area contributed by atoms with Gasteiger partial charge in [0.2, 0.25) is 0 Å². The van der Waals surface area contributed by atoms with Crippen molar-refractivity contribution < 1.29 is 4.84 Å². The Labute approximate surface area is 80.7 Å². The first-order chi connectivity index (χ1) is 6.86. The molecule has 72 valence electrons. The van der Waals surface area contributed by atoms with Crippen molar-refractivity contribution >= 4 is 0 Å². The molecule has 1 aromatic carbocycles. The van der Waals surface area contributed by atoms with E-state index in [0.717, 1.165) is 5.56 Å². The van der Waals surface area contributed by atoms with Crippen molar-refractivity contribution in [3.63, 3.8) is 0 Å². The predicted octanol–water partition coefficient (Wildman–Crippen LogP) is 0.805. The fourth-order valence-corrected chi connectivity index (χ4v) is 1.13. The topological polar surface area (TPSA) is 47.0 Å². The highest BCUT2D eigenvalue weighted by Gasteiger charge is 1.96. The molecule has 1 heterocycles. The van der Waals surface area contributed by atoms with E-state index < -0.39 is 0 Å². The van der Waals surface area contributed by atoms with Gasteiger partial charge in [-0.2, -0.15) is 0 Å². The second-order valence-corrected chi connectivity index (χ2v) is 2.85. The van der Waals surface area contributed by atoms with Crippen LogP contribution in [0.5, 0.6) is 0 Å². The fraction of sp³-hybridized carbons (Fsp3) is 0.100. The number of nitrogens with zero attached hydrogens (tertiary/aromatic N) is 1. The minimum atomic E-state index is -0.263. The molecule has 2 rings (SSSR count). The summed E-state index contributed by atoms with van der Waals surface area (Å²) in [5, 5.41) is 0. The SMILES string of the molecule is O=c1[nH]ccn1OCc1ccccc1. The Kier molecular flexibility index (Phi) is 2.36. The normalized spacial score (nSPS) is 10.0. The summed E-state index contributed by atoms with van der Waals surface area (Å²) in [7, 11) is 0. The molecule has 0 saturated carbocycles. The summed E-state index contributed by atoms with van der Waals surface area (Å²) in [5.74, 6) is 0. The van der Waals surface area contributed by atoms with E-state index in [9.17, 15) is 4.79 Å². The van der Waals surface area contributed by atoms with E-state index in [2.05, 4.69) is 4.98 Å². The highest BCUT2D eigenvalue weighted by Crippen LogP contribution is 1.97. The number of imidazole rings is 1.